The fourth-order valence-electron chi connectivity index (χ4n) is 4.82. The number of hydrogen-bond acceptors (Lipinski definition) is 7. The third-order valence-corrected chi connectivity index (χ3v) is 6.61. The number of carbonyl (C=O) groups excluding carboxylic acids is 1. The Balaban J connectivity index is 1.34. The summed E-state index contributed by atoms with van der Waals surface area (Å²) in [7, 11) is 0. The molecular weight excluding hydrogens is 463 g/mol. The molecule has 2 aliphatic rings. The van der Waals surface area contributed by atoms with Crippen LogP contribution in [-0.2, 0) is 17.4 Å². The van der Waals surface area contributed by atoms with Gasteiger partial charge in [-0.1, -0.05) is 13.8 Å². The second-order valence-corrected chi connectivity index (χ2v) is 9.48. The maximum absolute atomic E-state index is 13.5. The van der Waals surface area contributed by atoms with Gasteiger partial charge in [0.2, 0.25) is 5.91 Å². The van der Waals surface area contributed by atoms with Crippen LogP contribution in [0.2, 0.25) is 0 Å². The van der Waals surface area contributed by atoms with E-state index in [1.54, 1.807) is 17.0 Å². The second-order valence-electron chi connectivity index (χ2n) is 9.48. The highest BCUT2D eigenvalue weighted by Gasteiger charge is 2.47. The van der Waals surface area contributed by atoms with E-state index in [9.17, 15) is 22.8 Å². The van der Waals surface area contributed by atoms with E-state index >= 15 is 0 Å². The molecule has 3 heterocycles. The van der Waals surface area contributed by atoms with Gasteiger partial charge < -0.3 is 15.1 Å². The largest absolute Gasteiger partial charge is 0.422 e. The number of nitrogens with one attached hydrogen (secondary N) is 2. The minimum Gasteiger partial charge on any atom is -0.353 e. The summed E-state index contributed by atoms with van der Waals surface area (Å²) in [4.78, 5) is 32.7. The quantitative estimate of drug-likeness (QED) is 0.660. The number of amides is 1. The van der Waals surface area contributed by atoms with Gasteiger partial charge in [-0.25, -0.2) is 10.1 Å². The lowest BCUT2D eigenvalue weighted by molar-refractivity contribution is -0.139. The molecule has 9 nitrogen and oxygen atoms in total. The van der Waals surface area contributed by atoms with Gasteiger partial charge in [0.1, 0.15) is 17.5 Å². The van der Waals surface area contributed by atoms with Crippen molar-refractivity contribution in [3.63, 3.8) is 0 Å². The Morgan fingerprint density at radius 3 is 2.60 bits per heavy atom. The molecule has 1 aliphatic heterocycles. The molecule has 2 aromatic heterocycles. The lowest BCUT2D eigenvalue weighted by Crippen LogP contribution is -2.49. The third-order valence-electron chi connectivity index (χ3n) is 6.61. The van der Waals surface area contributed by atoms with Crippen molar-refractivity contribution in [2.45, 2.75) is 38.9 Å². The smallest absolute Gasteiger partial charge is 0.353 e. The van der Waals surface area contributed by atoms with Crippen molar-refractivity contribution >= 4 is 11.7 Å². The molecule has 1 aliphatic carbocycles. The Labute approximate surface area is 199 Å². The number of anilines is 1. The van der Waals surface area contributed by atoms with Crippen LogP contribution in [0, 0.1) is 16.7 Å². The Morgan fingerprint density at radius 1 is 1.29 bits per heavy atom. The average Bonchev–Trinajstić information content (AvgIpc) is 3.07. The topological polar surface area (TPSA) is 118 Å². The summed E-state index contributed by atoms with van der Waals surface area (Å²) >= 11 is 0. The van der Waals surface area contributed by atoms with E-state index in [-0.39, 0.29) is 36.6 Å². The molecule has 2 aromatic rings. The molecule has 4 rings (SSSR count). The number of aromatic amines is 1. The summed E-state index contributed by atoms with van der Waals surface area (Å²) in [5.41, 5.74) is -2.46. The van der Waals surface area contributed by atoms with Gasteiger partial charge in [0.25, 0.3) is 5.56 Å². The van der Waals surface area contributed by atoms with Gasteiger partial charge in [0, 0.05) is 45.3 Å². The number of nitriles is 1. The van der Waals surface area contributed by atoms with E-state index in [0.29, 0.717) is 31.7 Å². The molecule has 0 spiro atoms. The van der Waals surface area contributed by atoms with Gasteiger partial charge in [-0.15, -0.1) is 0 Å². The average molecular weight is 490 g/mol. The predicted octanol–water partition coefficient (Wildman–Crippen LogP) is 2.01. The van der Waals surface area contributed by atoms with Crippen LogP contribution in [0.4, 0.5) is 19.0 Å². The molecule has 1 unspecified atom stereocenters. The summed E-state index contributed by atoms with van der Waals surface area (Å²) in [6.45, 7) is 6.17. The first-order valence-corrected chi connectivity index (χ1v) is 11.3. The van der Waals surface area contributed by atoms with Crippen molar-refractivity contribution in [1.82, 2.24) is 25.4 Å². The number of hydrogen-bond donors (Lipinski definition) is 2. The summed E-state index contributed by atoms with van der Waals surface area (Å²) in [6.07, 6.45) is -3.00. The molecule has 0 bridgehead atoms. The number of nitrogens with zero attached hydrogens (tertiary/aromatic N) is 5. The maximum Gasteiger partial charge on any atom is 0.422 e. The highest BCUT2D eigenvalue weighted by Crippen LogP contribution is 2.46. The Kier molecular flexibility index (Phi) is 6.55. The van der Waals surface area contributed by atoms with Crippen molar-refractivity contribution in [3.8, 4) is 6.07 Å². The zero-order valence-electron chi connectivity index (χ0n) is 19.4. The first-order valence-electron chi connectivity index (χ1n) is 11.3. The zero-order chi connectivity index (χ0) is 25.4. The number of carbonyl (C=O) groups is 1. The minimum absolute atomic E-state index is 0.0497. The van der Waals surface area contributed by atoms with Gasteiger partial charge in [0.05, 0.1) is 17.3 Å². The molecule has 35 heavy (non-hydrogen) atoms. The van der Waals surface area contributed by atoms with E-state index in [1.807, 2.05) is 29.9 Å². The van der Waals surface area contributed by atoms with E-state index < -0.39 is 28.8 Å². The highest BCUT2D eigenvalue weighted by molar-refractivity contribution is 5.76. The number of H-pyrrole nitrogens is 1. The van der Waals surface area contributed by atoms with Gasteiger partial charge in [-0.3, -0.25) is 9.59 Å². The van der Waals surface area contributed by atoms with Crippen LogP contribution in [0.15, 0.2) is 23.1 Å². The number of rotatable bonds is 5. The molecule has 1 saturated heterocycles. The van der Waals surface area contributed by atoms with E-state index in [1.165, 1.54) is 6.20 Å². The number of alkyl halides is 3. The number of fused-ring (bicyclic) bond motifs is 1. The molecule has 12 heteroatoms. The normalized spacial score (nSPS) is 19.4. The number of pyridine rings is 1. The molecule has 0 radical (unpaired) electrons. The van der Waals surface area contributed by atoms with E-state index in [0.717, 1.165) is 5.82 Å². The molecule has 0 aromatic carbocycles. The SMILES string of the molecule is CC1(C)Cc2c(n[nH]c(=O)c2C(F)(F)F)C1NCCC(=O)N1CCN(c2ccc(C#N)cn2)CC1. The summed E-state index contributed by atoms with van der Waals surface area (Å²) in [5.74, 6) is 0.704. The fraction of sp³-hybridized carbons (Fsp3) is 0.522. The van der Waals surface area contributed by atoms with Crippen molar-refractivity contribution in [1.29, 1.82) is 5.26 Å². The maximum atomic E-state index is 13.5. The summed E-state index contributed by atoms with van der Waals surface area (Å²) in [6, 6.07) is 5.00. The summed E-state index contributed by atoms with van der Waals surface area (Å²) < 4.78 is 40.4. The molecule has 1 amide bonds. The standard InChI is InChI=1S/C23H26F3N7O2/c1-22(2)11-15-18(23(24,25)26)21(35)31-30-19(15)20(22)28-6-5-17(34)33-9-7-32(8-10-33)16-4-3-14(12-27)13-29-16/h3-4,13,20,28H,5-11H2,1-2H3,(H,31,35). The van der Waals surface area contributed by atoms with E-state index in [4.69, 9.17) is 5.26 Å². The van der Waals surface area contributed by atoms with Crippen LogP contribution >= 0.6 is 0 Å². The van der Waals surface area contributed by atoms with Gasteiger partial charge >= 0.3 is 6.18 Å². The fourth-order valence-corrected chi connectivity index (χ4v) is 4.82. The predicted molar refractivity (Wildman–Crippen MR) is 120 cm³/mol. The van der Waals surface area contributed by atoms with Crippen LogP contribution in [-0.4, -0.2) is 58.7 Å². The number of halogens is 3. The Hall–Kier alpha value is -3.46. The van der Waals surface area contributed by atoms with Gasteiger partial charge in [-0.2, -0.15) is 23.5 Å². The van der Waals surface area contributed by atoms with Crippen LogP contribution in [0.1, 0.15) is 48.7 Å². The lowest BCUT2D eigenvalue weighted by atomic mass is 9.85. The van der Waals surface area contributed by atoms with Crippen molar-refractivity contribution in [2.75, 3.05) is 37.6 Å². The molecule has 0 saturated carbocycles. The third kappa shape index (κ3) is 5.00. The van der Waals surface area contributed by atoms with Crippen LogP contribution in [0.25, 0.3) is 0 Å². The molecule has 2 N–H and O–H groups in total. The molecular formula is C23H26F3N7O2. The molecule has 186 valence electrons. The number of piperazine rings is 1. The van der Waals surface area contributed by atoms with Gasteiger partial charge in [0.15, 0.2) is 0 Å². The van der Waals surface area contributed by atoms with Crippen LogP contribution < -0.4 is 15.8 Å². The van der Waals surface area contributed by atoms with Crippen molar-refractivity contribution in [2.24, 2.45) is 5.41 Å². The first-order chi connectivity index (χ1) is 16.5. The molecule has 1 fully saturated rings. The summed E-state index contributed by atoms with van der Waals surface area (Å²) in [5, 5.41) is 18.0. The van der Waals surface area contributed by atoms with E-state index in [2.05, 4.69) is 15.4 Å². The second kappa shape index (κ2) is 9.30. The first kappa shape index (κ1) is 24.7. The van der Waals surface area contributed by atoms with Crippen molar-refractivity contribution in [3.05, 3.63) is 51.1 Å². The number of aromatic nitrogens is 3. The Morgan fingerprint density at radius 2 is 2.00 bits per heavy atom. The monoisotopic (exact) mass is 489 g/mol. The minimum atomic E-state index is -4.77. The Bertz CT molecular complexity index is 1190. The van der Waals surface area contributed by atoms with Crippen LogP contribution in [0.3, 0.4) is 0 Å². The zero-order valence-corrected chi connectivity index (χ0v) is 19.4. The molecule has 1 atom stereocenters. The van der Waals surface area contributed by atoms with Crippen LogP contribution in [0.5, 0.6) is 0 Å². The lowest BCUT2D eigenvalue weighted by Gasteiger charge is -2.35. The highest BCUT2D eigenvalue weighted by atomic mass is 19.4. The van der Waals surface area contributed by atoms with Crippen molar-refractivity contribution < 1.29 is 18.0 Å². The van der Waals surface area contributed by atoms with Gasteiger partial charge in [-0.05, 0) is 29.5 Å².